The van der Waals surface area contributed by atoms with E-state index in [0.717, 1.165) is 0 Å². The third-order valence-electron chi connectivity index (χ3n) is 0.535. The number of ether oxygens (including phenoxy) is 2. The normalized spacial score (nSPS) is 22.7. The van der Waals surface area contributed by atoms with Gasteiger partial charge in [0.2, 0.25) is 6.29 Å². The molecule has 1 aliphatic heterocycles. The minimum atomic E-state index is -0.690. The monoisotopic (exact) mass is 87.0 g/mol. The second-order valence-corrected chi connectivity index (χ2v) is 0.901. The number of hydrogen-bond acceptors (Lipinski definition) is 3. The second kappa shape index (κ2) is 1.36. The molecule has 0 aromatic carbocycles. The minimum absolute atomic E-state index is 0.236. The first-order chi connectivity index (χ1) is 2.93. The lowest BCUT2D eigenvalue weighted by molar-refractivity contribution is -0.285. The van der Waals surface area contributed by atoms with Crippen LogP contribution in [0.1, 0.15) is 0 Å². The lowest BCUT2D eigenvalue weighted by Crippen LogP contribution is -2.31. The van der Waals surface area contributed by atoms with Gasteiger partial charge in [0.15, 0.2) is 6.79 Å². The summed E-state index contributed by atoms with van der Waals surface area (Å²) in [5, 5.41) is 0. The van der Waals surface area contributed by atoms with Crippen LogP contribution in [0.3, 0.4) is 0 Å². The predicted octanol–water partition coefficient (Wildman–Crippen LogP) is -0.574. The summed E-state index contributed by atoms with van der Waals surface area (Å²) in [6.45, 7) is 0.236. The van der Waals surface area contributed by atoms with Crippen molar-refractivity contribution in [2.24, 2.45) is 0 Å². The molecule has 0 spiro atoms. The molecular formula is C3H3O3. The topological polar surface area (TPSA) is 35.5 Å². The maximum Gasteiger partial charge on any atom is 0.259 e. The van der Waals surface area contributed by atoms with Gasteiger partial charge in [-0.2, -0.15) is 0 Å². The Kier molecular flexibility index (Phi) is 0.856. The van der Waals surface area contributed by atoms with Crippen molar-refractivity contribution in [3.05, 3.63) is 0 Å². The second-order valence-electron chi connectivity index (χ2n) is 0.901. The van der Waals surface area contributed by atoms with Gasteiger partial charge in [-0.05, 0) is 0 Å². The zero-order valence-corrected chi connectivity index (χ0v) is 3.01. The summed E-state index contributed by atoms with van der Waals surface area (Å²) in [7, 11) is 0. The highest BCUT2D eigenvalue weighted by atomic mass is 16.8. The summed E-state index contributed by atoms with van der Waals surface area (Å²) in [5.74, 6) is 0. The first-order valence-electron chi connectivity index (χ1n) is 1.54. The first-order valence-corrected chi connectivity index (χ1v) is 1.54. The average molecular weight is 87.1 g/mol. The smallest absolute Gasteiger partial charge is 0.259 e. The molecule has 33 valence electrons. The summed E-state index contributed by atoms with van der Waals surface area (Å²) in [4.78, 5) is 9.41. The molecule has 0 saturated carbocycles. The van der Waals surface area contributed by atoms with Gasteiger partial charge in [0.1, 0.15) is 0 Å². The van der Waals surface area contributed by atoms with Gasteiger partial charge in [0.05, 0.1) is 0 Å². The van der Waals surface area contributed by atoms with Gasteiger partial charge in [-0.1, -0.05) is 0 Å². The van der Waals surface area contributed by atoms with Crippen molar-refractivity contribution >= 4 is 6.29 Å². The Morgan fingerprint density at radius 1 is 1.67 bits per heavy atom. The molecule has 0 bridgehead atoms. The molecule has 1 rings (SSSR count). The lowest BCUT2D eigenvalue weighted by atomic mass is 10.7. The third kappa shape index (κ3) is 0.418. The van der Waals surface area contributed by atoms with Crippen LogP contribution in [0.4, 0.5) is 0 Å². The lowest BCUT2D eigenvalue weighted by Gasteiger charge is -2.19. The van der Waals surface area contributed by atoms with Crippen LogP contribution in [0.5, 0.6) is 0 Å². The summed E-state index contributed by atoms with van der Waals surface area (Å²) in [6, 6.07) is 0. The van der Waals surface area contributed by atoms with E-state index >= 15 is 0 Å². The van der Waals surface area contributed by atoms with Crippen LogP contribution in [0.2, 0.25) is 0 Å². The van der Waals surface area contributed by atoms with Crippen LogP contribution in [0, 0.1) is 0 Å². The quantitative estimate of drug-likeness (QED) is 0.429. The fourth-order valence-electron chi connectivity index (χ4n) is 0.204. The van der Waals surface area contributed by atoms with E-state index in [1.807, 2.05) is 0 Å². The zero-order valence-electron chi connectivity index (χ0n) is 3.01. The van der Waals surface area contributed by atoms with Gasteiger partial charge >= 0.3 is 0 Å². The van der Waals surface area contributed by atoms with Crippen LogP contribution < -0.4 is 0 Å². The van der Waals surface area contributed by atoms with E-state index < -0.39 is 6.29 Å². The molecule has 1 aliphatic rings. The van der Waals surface area contributed by atoms with Crippen molar-refractivity contribution < 1.29 is 14.3 Å². The largest absolute Gasteiger partial charge is 0.319 e. The maximum absolute atomic E-state index is 9.41. The molecule has 0 aromatic heterocycles. The molecule has 6 heavy (non-hydrogen) atoms. The molecule has 1 radical (unpaired) electrons. The van der Waals surface area contributed by atoms with Crippen molar-refractivity contribution in [1.82, 2.24) is 0 Å². The van der Waals surface area contributed by atoms with Crippen molar-refractivity contribution in [2.45, 2.75) is 6.29 Å². The molecule has 0 aliphatic carbocycles. The molecule has 3 heteroatoms. The highest BCUT2D eigenvalue weighted by Gasteiger charge is 2.17. The summed E-state index contributed by atoms with van der Waals surface area (Å²) < 4.78 is 8.87. The first kappa shape index (κ1) is 3.77. The minimum Gasteiger partial charge on any atom is -0.319 e. The predicted molar refractivity (Wildman–Crippen MR) is 16.5 cm³/mol. The molecule has 0 aromatic rings. The van der Waals surface area contributed by atoms with E-state index in [-0.39, 0.29) is 6.79 Å². The average Bonchev–Trinajstić information content (AvgIpc) is 1.31. The third-order valence-corrected chi connectivity index (χ3v) is 0.535. The van der Waals surface area contributed by atoms with Crippen molar-refractivity contribution in [3.8, 4) is 0 Å². The molecule has 0 N–H and O–H groups in total. The summed E-state index contributed by atoms with van der Waals surface area (Å²) in [5.41, 5.74) is 0. The van der Waals surface area contributed by atoms with Crippen LogP contribution in [-0.2, 0) is 14.3 Å². The van der Waals surface area contributed by atoms with Gasteiger partial charge in [0, 0.05) is 0 Å². The highest BCUT2D eigenvalue weighted by molar-refractivity contribution is 5.55. The van der Waals surface area contributed by atoms with Crippen LogP contribution >= 0.6 is 0 Å². The van der Waals surface area contributed by atoms with E-state index in [9.17, 15) is 4.79 Å². The molecule has 0 atom stereocenters. The molecule has 1 heterocycles. The molecule has 0 unspecified atom stereocenters. The van der Waals surface area contributed by atoms with Gasteiger partial charge in [-0.25, -0.2) is 0 Å². The van der Waals surface area contributed by atoms with Crippen LogP contribution in [0.25, 0.3) is 0 Å². The molecule has 1 saturated heterocycles. The van der Waals surface area contributed by atoms with Crippen LogP contribution in [0.15, 0.2) is 0 Å². The Morgan fingerprint density at radius 3 is 2.33 bits per heavy atom. The van der Waals surface area contributed by atoms with E-state index in [4.69, 9.17) is 0 Å². The molecule has 0 amide bonds. The van der Waals surface area contributed by atoms with Gasteiger partial charge < -0.3 is 9.47 Å². The van der Waals surface area contributed by atoms with E-state index in [2.05, 4.69) is 9.47 Å². The Balaban J connectivity index is 2.16. The molecule has 3 nitrogen and oxygen atoms in total. The maximum atomic E-state index is 9.41. The highest BCUT2D eigenvalue weighted by Crippen LogP contribution is 2.00. The standard InChI is InChI=1S/C3H3O3/c4-1-3-5-2-6-3/h3H,2H2. The summed E-state index contributed by atoms with van der Waals surface area (Å²) in [6.07, 6.45) is 0.817. The Labute approximate surface area is 34.9 Å². The Bertz CT molecular complexity index is 57.1. The van der Waals surface area contributed by atoms with Crippen molar-refractivity contribution in [3.63, 3.8) is 0 Å². The van der Waals surface area contributed by atoms with Crippen LogP contribution in [-0.4, -0.2) is 19.4 Å². The Hall–Kier alpha value is -0.410. The van der Waals surface area contributed by atoms with Crippen molar-refractivity contribution in [2.75, 3.05) is 6.79 Å². The van der Waals surface area contributed by atoms with E-state index in [0.29, 0.717) is 0 Å². The Morgan fingerprint density at radius 2 is 2.33 bits per heavy atom. The van der Waals surface area contributed by atoms with Gasteiger partial charge in [0.25, 0.3) is 6.29 Å². The summed E-state index contributed by atoms with van der Waals surface area (Å²) >= 11 is 0. The van der Waals surface area contributed by atoms with E-state index in [1.54, 1.807) is 0 Å². The molecule has 1 fully saturated rings. The van der Waals surface area contributed by atoms with Gasteiger partial charge in [-0.3, -0.25) is 4.79 Å². The van der Waals surface area contributed by atoms with Gasteiger partial charge in [-0.15, -0.1) is 0 Å². The number of rotatable bonds is 1. The fourth-order valence-corrected chi connectivity index (χ4v) is 0.204. The fraction of sp³-hybridized carbons (Fsp3) is 0.667. The number of carbonyl (C=O) groups excluding carboxylic acids is 1. The molecular weight excluding hydrogens is 84.0 g/mol. The number of hydrogen-bond donors (Lipinski definition) is 0. The SMILES string of the molecule is O=[C]C1OCO1. The van der Waals surface area contributed by atoms with Crippen molar-refractivity contribution in [1.29, 1.82) is 0 Å². The van der Waals surface area contributed by atoms with E-state index in [1.165, 1.54) is 6.29 Å². The zero-order chi connectivity index (χ0) is 4.41.